The van der Waals surface area contributed by atoms with Crippen LogP contribution in [0, 0.1) is 0 Å². The Morgan fingerprint density at radius 3 is 2.50 bits per heavy atom. The first-order valence-corrected chi connectivity index (χ1v) is 7.89. The summed E-state index contributed by atoms with van der Waals surface area (Å²) in [6, 6.07) is 9.18. The topological polar surface area (TPSA) is 75.2 Å². The summed E-state index contributed by atoms with van der Waals surface area (Å²) in [6.07, 6.45) is 3.33. The lowest BCUT2D eigenvalue weighted by atomic mass is 10.2. The third-order valence-corrected chi connectivity index (χ3v) is 3.95. The number of hydrogen-bond acceptors (Lipinski definition) is 4. The number of amides is 1. The molecule has 0 aliphatic heterocycles. The molecule has 1 N–H and O–H groups in total. The number of carbonyl (C=O) groups excluding carboxylic acids is 1. The molecule has 0 saturated carbocycles. The number of rotatable bonds is 5. The predicted octanol–water partition coefficient (Wildman–Crippen LogP) is 0.917. The van der Waals surface area contributed by atoms with Crippen LogP contribution in [0.4, 0.5) is 0 Å². The molecule has 0 aliphatic rings. The van der Waals surface area contributed by atoms with E-state index >= 15 is 0 Å². The summed E-state index contributed by atoms with van der Waals surface area (Å²) in [4.78, 5) is 39.5. The maximum absolute atomic E-state index is 12.1. The number of hydrogen-bond donors (Lipinski definition) is 1. The molecule has 0 aliphatic carbocycles. The fraction of sp³-hybridized carbons (Fsp3) is 0.267. The second kappa shape index (κ2) is 7.13. The highest BCUT2D eigenvalue weighted by Crippen LogP contribution is 2.15. The first kappa shape index (κ1) is 16.1. The van der Waals surface area contributed by atoms with Crippen molar-refractivity contribution < 1.29 is 4.79 Å². The van der Waals surface area contributed by atoms with E-state index in [4.69, 9.17) is 0 Å². The molecule has 0 saturated heterocycles. The van der Waals surface area contributed by atoms with Crippen molar-refractivity contribution in [3.8, 4) is 0 Å². The predicted molar refractivity (Wildman–Crippen MR) is 86.0 cm³/mol. The second-order valence-electron chi connectivity index (χ2n) is 4.84. The van der Waals surface area contributed by atoms with Crippen LogP contribution in [0.1, 0.15) is 5.56 Å². The zero-order chi connectivity index (χ0) is 16.1. The number of likely N-dealkylation sites (N-methyl/N-ethyl adjacent to an activating group) is 1. The van der Waals surface area contributed by atoms with Gasteiger partial charge in [-0.25, -0.2) is 4.79 Å². The number of aromatic nitrogens is 2. The first-order valence-electron chi connectivity index (χ1n) is 6.66. The summed E-state index contributed by atoms with van der Waals surface area (Å²) in [5.41, 5.74) is -0.0445. The van der Waals surface area contributed by atoms with Crippen LogP contribution in [0.2, 0.25) is 0 Å². The highest BCUT2D eigenvalue weighted by molar-refractivity contribution is 7.98. The number of carbonyl (C=O) groups is 1. The summed E-state index contributed by atoms with van der Waals surface area (Å²) < 4.78 is 1.18. The smallest absolute Gasteiger partial charge is 0.328 e. The third-order valence-electron chi connectivity index (χ3n) is 3.21. The minimum Gasteiger partial charge on any atom is -0.340 e. The van der Waals surface area contributed by atoms with Gasteiger partial charge in [0.1, 0.15) is 6.54 Å². The molecule has 0 atom stereocenters. The molecule has 2 rings (SSSR count). The SMILES string of the molecule is CSc1ccc(CN(C)C(=O)Cn2ccc(=O)[nH]c2=O)cc1. The van der Waals surface area contributed by atoms with E-state index in [1.165, 1.54) is 16.8 Å². The van der Waals surface area contributed by atoms with Gasteiger partial charge in [-0.05, 0) is 24.0 Å². The zero-order valence-corrected chi connectivity index (χ0v) is 13.2. The van der Waals surface area contributed by atoms with Crippen molar-refractivity contribution >= 4 is 17.7 Å². The van der Waals surface area contributed by atoms with E-state index in [1.807, 2.05) is 30.5 Å². The minimum absolute atomic E-state index is 0.102. The Morgan fingerprint density at radius 1 is 1.23 bits per heavy atom. The van der Waals surface area contributed by atoms with Crippen LogP contribution in [0.25, 0.3) is 0 Å². The summed E-state index contributed by atoms with van der Waals surface area (Å²) in [5.74, 6) is -0.205. The van der Waals surface area contributed by atoms with Crippen LogP contribution in [-0.2, 0) is 17.9 Å². The van der Waals surface area contributed by atoms with Crippen molar-refractivity contribution in [3.05, 3.63) is 62.9 Å². The standard InChI is InChI=1S/C15H17N3O3S/c1-17(9-11-3-5-12(22-2)6-4-11)14(20)10-18-8-7-13(19)16-15(18)21/h3-8H,9-10H2,1-2H3,(H,16,19,21). The Morgan fingerprint density at radius 2 is 1.91 bits per heavy atom. The van der Waals surface area contributed by atoms with Crippen molar-refractivity contribution in [1.82, 2.24) is 14.5 Å². The summed E-state index contributed by atoms with van der Waals surface area (Å²) >= 11 is 1.66. The van der Waals surface area contributed by atoms with Gasteiger partial charge in [0.05, 0.1) is 0 Å². The van der Waals surface area contributed by atoms with Gasteiger partial charge in [0.15, 0.2) is 0 Å². The summed E-state index contributed by atoms with van der Waals surface area (Å²) in [5, 5.41) is 0. The van der Waals surface area contributed by atoms with Crippen LogP contribution in [0.15, 0.2) is 51.0 Å². The minimum atomic E-state index is -0.585. The Balaban J connectivity index is 2.02. The molecule has 7 heteroatoms. The fourth-order valence-electron chi connectivity index (χ4n) is 1.93. The Labute approximate surface area is 131 Å². The number of nitrogens with zero attached hydrogens (tertiary/aromatic N) is 2. The van der Waals surface area contributed by atoms with Crippen LogP contribution in [0.3, 0.4) is 0 Å². The van der Waals surface area contributed by atoms with Crippen LogP contribution >= 0.6 is 11.8 Å². The van der Waals surface area contributed by atoms with Gasteiger partial charge in [0, 0.05) is 30.8 Å². The molecule has 1 aromatic heterocycles. The lowest BCUT2D eigenvalue weighted by Crippen LogP contribution is -2.36. The van der Waals surface area contributed by atoms with Crippen molar-refractivity contribution in [2.24, 2.45) is 0 Å². The quantitative estimate of drug-likeness (QED) is 0.832. The molecular formula is C15H17N3O3S. The molecule has 0 bridgehead atoms. The van der Waals surface area contributed by atoms with E-state index < -0.39 is 11.2 Å². The van der Waals surface area contributed by atoms with E-state index in [0.29, 0.717) is 6.54 Å². The maximum atomic E-state index is 12.1. The number of H-pyrrole nitrogens is 1. The van der Waals surface area contributed by atoms with Gasteiger partial charge >= 0.3 is 5.69 Å². The highest BCUT2D eigenvalue weighted by Gasteiger charge is 2.11. The average Bonchev–Trinajstić information content (AvgIpc) is 2.50. The first-order chi connectivity index (χ1) is 10.5. The largest absolute Gasteiger partial charge is 0.340 e. The second-order valence-corrected chi connectivity index (χ2v) is 5.72. The van der Waals surface area contributed by atoms with Gasteiger partial charge in [0.25, 0.3) is 5.56 Å². The van der Waals surface area contributed by atoms with Crippen molar-refractivity contribution in [2.75, 3.05) is 13.3 Å². The lowest BCUT2D eigenvalue weighted by Gasteiger charge is -2.18. The van der Waals surface area contributed by atoms with Crippen molar-refractivity contribution in [2.45, 2.75) is 18.0 Å². The van der Waals surface area contributed by atoms with Gasteiger partial charge in [-0.1, -0.05) is 12.1 Å². The molecule has 0 fully saturated rings. The third kappa shape index (κ3) is 4.11. The molecule has 1 amide bonds. The van der Waals surface area contributed by atoms with Gasteiger partial charge in [-0.15, -0.1) is 11.8 Å². The van der Waals surface area contributed by atoms with Gasteiger partial charge in [0.2, 0.25) is 5.91 Å². The molecule has 22 heavy (non-hydrogen) atoms. The molecular weight excluding hydrogens is 302 g/mol. The van der Waals surface area contributed by atoms with Crippen molar-refractivity contribution in [1.29, 1.82) is 0 Å². The monoisotopic (exact) mass is 319 g/mol. The Kier molecular flexibility index (Phi) is 5.21. The average molecular weight is 319 g/mol. The van der Waals surface area contributed by atoms with Crippen LogP contribution < -0.4 is 11.2 Å². The fourth-order valence-corrected chi connectivity index (χ4v) is 2.34. The molecule has 1 aromatic carbocycles. The van der Waals surface area contributed by atoms with E-state index in [0.717, 1.165) is 10.5 Å². The Bertz CT molecular complexity index is 765. The summed E-state index contributed by atoms with van der Waals surface area (Å²) in [6.45, 7) is 0.362. The van der Waals surface area contributed by atoms with E-state index in [2.05, 4.69) is 4.98 Å². The molecule has 0 spiro atoms. The maximum Gasteiger partial charge on any atom is 0.328 e. The molecule has 0 radical (unpaired) electrons. The Hall–Kier alpha value is -2.28. The van der Waals surface area contributed by atoms with Gasteiger partial charge < -0.3 is 4.90 Å². The van der Waals surface area contributed by atoms with Crippen LogP contribution in [-0.4, -0.2) is 33.7 Å². The number of thioether (sulfide) groups is 1. The molecule has 6 nitrogen and oxygen atoms in total. The van der Waals surface area contributed by atoms with E-state index in [1.54, 1.807) is 23.7 Å². The molecule has 116 valence electrons. The van der Waals surface area contributed by atoms with Gasteiger partial charge in [-0.3, -0.25) is 19.1 Å². The lowest BCUT2D eigenvalue weighted by molar-refractivity contribution is -0.131. The molecule has 0 unspecified atom stereocenters. The summed E-state index contributed by atoms with van der Waals surface area (Å²) in [7, 11) is 1.68. The number of aromatic amines is 1. The number of nitrogens with one attached hydrogen (secondary N) is 1. The normalized spacial score (nSPS) is 10.5. The van der Waals surface area contributed by atoms with E-state index in [-0.39, 0.29) is 12.5 Å². The zero-order valence-electron chi connectivity index (χ0n) is 12.4. The highest BCUT2D eigenvalue weighted by atomic mass is 32.2. The van der Waals surface area contributed by atoms with E-state index in [9.17, 15) is 14.4 Å². The molecule has 2 aromatic rings. The number of benzene rings is 1. The van der Waals surface area contributed by atoms with Gasteiger partial charge in [-0.2, -0.15) is 0 Å². The van der Waals surface area contributed by atoms with Crippen LogP contribution in [0.5, 0.6) is 0 Å². The van der Waals surface area contributed by atoms with Crippen molar-refractivity contribution in [3.63, 3.8) is 0 Å². The molecule has 1 heterocycles.